The lowest BCUT2D eigenvalue weighted by Gasteiger charge is -2.32. The zero-order valence-electron chi connectivity index (χ0n) is 15.0. The van der Waals surface area contributed by atoms with Crippen molar-refractivity contribution >= 4 is 17.6 Å². The average molecular weight is 386 g/mol. The minimum Gasteiger partial charge on any atom is -0.478 e. The monoisotopic (exact) mass is 386 g/mol. The van der Waals surface area contributed by atoms with Crippen molar-refractivity contribution in [2.24, 2.45) is 5.92 Å². The number of amides is 1. The fraction of sp³-hybridized carbons (Fsp3) is 0.300. The van der Waals surface area contributed by atoms with E-state index in [0.717, 1.165) is 37.0 Å². The van der Waals surface area contributed by atoms with E-state index >= 15 is 0 Å². The maximum Gasteiger partial charge on any atom is 0.335 e. The maximum absolute atomic E-state index is 13.0. The van der Waals surface area contributed by atoms with Crippen LogP contribution in [0.3, 0.4) is 0 Å². The number of halogens is 1. The summed E-state index contributed by atoms with van der Waals surface area (Å²) in [5.41, 5.74) is 0.331. The Balaban J connectivity index is 1.67. The number of piperidine rings is 1. The number of nitro groups is 1. The van der Waals surface area contributed by atoms with Crippen molar-refractivity contribution in [3.63, 3.8) is 0 Å². The summed E-state index contributed by atoms with van der Waals surface area (Å²) in [5.74, 6) is -1.65. The summed E-state index contributed by atoms with van der Waals surface area (Å²) in [7, 11) is 0. The summed E-state index contributed by atoms with van der Waals surface area (Å²) in [5, 5.41) is 20.2. The molecular formula is C20H19FN2O5. The third-order valence-electron chi connectivity index (χ3n) is 4.96. The lowest BCUT2D eigenvalue weighted by Crippen LogP contribution is -2.39. The molecule has 146 valence electrons. The Labute approximate surface area is 160 Å². The van der Waals surface area contributed by atoms with Gasteiger partial charge in [0, 0.05) is 30.8 Å². The zero-order valence-corrected chi connectivity index (χ0v) is 15.0. The van der Waals surface area contributed by atoms with E-state index in [2.05, 4.69) is 0 Å². The Bertz CT molecular complexity index is 873. The number of nitro benzene ring substituents is 1. The molecule has 1 amide bonds. The quantitative estimate of drug-likeness (QED) is 0.626. The van der Waals surface area contributed by atoms with Crippen molar-refractivity contribution < 1.29 is 24.0 Å². The fourth-order valence-electron chi connectivity index (χ4n) is 3.44. The van der Waals surface area contributed by atoms with E-state index in [1.165, 1.54) is 18.2 Å². The van der Waals surface area contributed by atoms with Gasteiger partial charge in [-0.05, 0) is 48.9 Å². The second-order valence-corrected chi connectivity index (χ2v) is 6.90. The van der Waals surface area contributed by atoms with Gasteiger partial charge in [-0.25, -0.2) is 9.18 Å². The number of hydrogen-bond acceptors (Lipinski definition) is 4. The number of nitrogens with zero attached hydrogens (tertiary/aromatic N) is 2. The van der Waals surface area contributed by atoms with Crippen LogP contribution in [0.1, 0.15) is 39.1 Å². The number of rotatable bonds is 5. The smallest absolute Gasteiger partial charge is 0.335 e. The molecule has 1 heterocycles. The van der Waals surface area contributed by atoms with Gasteiger partial charge in [-0.2, -0.15) is 0 Å². The summed E-state index contributed by atoms with van der Waals surface area (Å²) < 4.78 is 13.0. The molecule has 1 N–H and O–H groups in total. The van der Waals surface area contributed by atoms with Crippen molar-refractivity contribution in [2.75, 3.05) is 13.1 Å². The number of benzene rings is 2. The van der Waals surface area contributed by atoms with Crippen LogP contribution in [-0.4, -0.2) is 39.9 Å². The van der Waals surface area contributed by atoms with Crippen LogP contribution in [0.5, 0.6) is 0 Å². The number of aromatic carboxylic acids is 1. The van der Waals surface area contributed by atoms with Gasteiger partial charge in [0.2, 0.25) is 0 Å². The minimum absolute atomic E-state index is 0.00332. The van der Waals surface area contributed by atoms with Crippen LogP contribution in [0.4, 0.5) is 10.1 Å². The van der Waals surface area contributed by atoms with Gasteiger partial charge in [0.1, 0.15) is 5.82 Å². The summed E-state index contributed by atoms with van der Waals surface area (Å²) in [6, 6.07) is 9.58. The Morgan fingerprint density at radius 1 is 1.11 bits per heavy atom. The van der Waals surface area contributed by atoms with Crippen molar-refractivity contribution in [1.29, 1.82) is 0 Å². The SMILES string of the molecule is O=C(O)c1cc(C(=O)N2CCC(Cc3ccc(F)cc3)CC2)cc([N+](=O)[O-])c1. The fourth-order valence-corrected chi connectivity index (χ4v) is 3.44. The van der Waals surface area contributed by atoms with Crippen LogP contribution in [0.2, 0.25) is 0 Å². The largest absolute Gasteiger partial charge is 0.478 e. The van der Waals surface area contributed by atoms with Gasteiger partial charge in [-0.1, -0.05) is 12.1 Å². The van der Waals surface area contributed by atoms with Crippen molar-refractivity contribution in [1.82, 2.24) is 4.90 Å². The van der Waals surface area contributed by atoms with Crippen molar-refractivity contribution in [3.8, 4) is 0 Å². The highest BCUT2D eigenvalue weighted by atomic mass is 19.1. The van der Waals surface area contributed by atoms with Crippen LogP contribution in [0.25, 0.3) is 0 Å². The Hall–Kier alpha value is -3.29. The first kappa shape index (κ1) is 19.5. The number of carbonyl (C=O) groups is 2. The third-order valence-corrected chi connectivity index (χ3v) is 4.96. The molecule has 0 unspecified atom stereocenters. The van der Waals surface area contributed by atoms with E-state index < -0.39 is 22.5 Å². The molecule has 1 aliphatic heterocycles. The molecule has 1 aliphatic rings. The highest BCUT2D eigenvalue weighted by Crippen LogP contribution is 2.25. The number of carboxylic acid groups (broad SMARTS) is 1. The molecule has 0 aromatic heterocycles. The van der Waals surface area contributed by atoms with E-state index in [0.29, 0.717) is 19.0 Å². The van der Waals surface area contributed by atoms with Crippen molar-refractivity contribution in [2.45, 2.75) is 19.3 Å². The Morgan fingerprint density at radius 3 is 2.29 bits per heavy atom. The molecule has 2 aromatic carbocycles. The predicted octanol–water partition coefficient (Wildman–Crippen LogP) is 3.53. The molecular weight excluding hydrogens is 367 g/mol. The molecule has 1 saturated heterocycles. The first-order chi connectivity index (χ1) is 13.3. The highest BCUT2D eigenvalue weighted by molar-refractivity contribution is 5.98. The lowest BCUT2D eigenvalue weighted by atomic mass is 9.90. The number of non-ortho nitro benzene ring substituents is 1. The molecule has 0 aliphatic carbocycles. The molecule has 0 atom stereocenters. The Morgan fingerprint density at radius 2 is 1.71 bits per heavy atom. The van der Waals surface area contributed by atoms with E-state index in [4.69, 9.17) is 5.11 Å². The number of hydrogen-bond donors (Lipinski definition) is 1. The topological polar surface area (TPSA) is 101 Å². The third kappa shape index (κ3) is 4.51. The van der Waals surface area contributed by atoms with Crippen LogP contribution in [0, 0.1) is 21.8 Å². The van der Waals surface area contributed by atoms with Gasteiger partial charge in [-0.15, -0.1) is 0 Å². The van der Waals surface area contributed by atoms with Gasteiger partial charge in [-0.3, -0.25) is 14.9 Å². The molecule has 7 nitrogen and oxygen atoms in total. The molecule has 3 rings (SSSR count). The van der Waals surface area contributed by atoms with Crippen LogP contribution >= 0.6 is 0 Å². The average Bonchev–Trinajstić information content (AvgIpc) is 2.69. The van der Waals surface area contributed by atoms with Gasteiger partial charge in [0.15, 0.2) is 0 Å². The second kappa shape index (κ2) is 8.16. The van der Waals surface area contributed by atoms with E-state index in [-0.39, 0.29) is 16.9 Å². The number of likely N-dealkylation sites (tertiary alicyclic amines) is 1. The molecule has 28 heavy (non-hydrogen) atoms. The molecule has 0 radical (unpaired) electrons. The van der Waals surface area contributed by atoms with Gasteiger partial charge >= 0.3 is 5.97 Å². The normalized spacial score (nSPS) is 14.7. The summed E-state index contributed by atoms with van der Waals surface area (Å²) in [6.07, 6.45) is 2.30. The number of carbonyl (C=O) groups excluding carboxylic acids is 1. The predicted molar refractivity (Wildman–Crippen MR) is 98.8 cm³/mol. The molecule has 8 heteroatoms. The van der Waals surface area contributed by atoms with E-state index in [1.807, 2.05) is 0 Å². The second-order valence-electron chi connectivity index (χ2n) is 6.90. The van der Waals surface area contributed by atoms with Crippen LogP contribution in [0.15, 0.2) is 42.5 Å². The zero-order chi connectivity index (χ0) is 20.3. The first-order valence-corrected chi connectivity index (χ1v) is 8.90. The maximum atomic E-state index is 13.0. The molecule has 0 bridgehead atoms. The van der Waals surface area contributed by atoms with Crippen LogP contribution in [-0.2, 0) is 6.42 Å². The Kier molecular flexibility index (Phi) is 5.67. The van der Waals surface area contributed by atoms with E-state index in [9.17, 15) is 24.1 Å². The highest BCUT2D eigenvalue weighted by Gasteiger charge is 2.26. The standard InChI is InChI=1S/C20H19FN2O5/c21-17-3-1-13(2-4-17)9-14-5-7-22(8-6-14)19(24)15-10-16(20(25)26)12-18(11-15)23(27)28/h1-4,10-12,14H,5-9H2,(H,25,26). The van der Waals surface area contributed by atoms with Gasteiger partial charge in [0.25, 0.3) is 11.6 Å². The summed E-state index contributed by atoms with van der Waals surface area (Å²) in [4.78, 5) is 35.8. The lowest BCUT2D eigenvalue weighted by molar-refractivity contribution is -0.384. The van der Waals surface area contributed by atoms with Crippen molar-refractivity contribution in [3.05, 3.63) is 75.1 Å². The van der Waals surface area contributed by atoms with Crippen LogP contribution < -0.4 is 0 Å². The molecule has 2 aromatic rings. The number of carboxylic acids is 1. The van der Waals surface area contributed by atoms with Gasteiger partial charge < -0.3 is 10.0 Å². The first-order valence-electron chi connectivity index (χ1n) is 8.90. The van der Waals surface area contributed by atoms with E-state index in [1.54, 1.807) is 17.0 Å². The van der Waals surface area contributed by atoms with Gasteiger partial charge in [0.05, 0.1) is 10.5 Å². The summed E-state index contributed by atoms with van der Waals surface area (Å²) >= 11 is 0. The molecule has 0 saturated carbocycles. The summed E-state index contributed by atoms with van der Waals surface area (Å²) in [6.45, 7) is 0.964. The molecule has 1 fully saturated rings. The minimum atomic E-state index is -1.32. The molecule has 0 spiro atoms.